The quantitative estimate of drug-likeness (QED) is 0.782. The van der Waals surface area contributed by atoms with Crippen molar-refractivity contribution >= 4 is 23.2 Å². The number of benzene rings is 1. The van der Waals surface area contributed by atoms with Crippen LogP contribution in [0, 0.1) is 0 Å². The molecule has 156 valence electrons. The molecule has 29 heavy (non-hydrogen) atoms. The van der Waals surface area contributed by atoms with Crippen molar-refractivity contribution in [3.8, 4) is 5.75 Å². The molecule has 10 heteroatoms. The summed E-state index contributed by atoms with van der Waals surface area (Å²) in [7, 11) is 1.45. The number of amides is 1. The van der Waals surface area contributed by atoms with Gasteiger partial charge in [-0.2, -0.15) is 13.2 Å². The molecule has 1 saturated heterocycles. The Hall–Kier alpha value is -2.36. The Morgan fingerprint density at radius 1 is 1.31 bits per heavy atom. The van der Waals surface area contributed by atoms with Gasteiger partial charge in [-0.1, -0.05) is 11.6 Å². The van der Waals surface area contributed by atoms with Crippen molar-refractivity contribution in [2.75, 3.05) is 38.7 Å². The second-order valence-electron chi connectivity index (χ2n) is 6.42. The lowest BCUT2D eigenvalue weighted by atomic mass is 10.1. The molecule has 1 aliphatic rings. The number of rotatable bonds is 5. The lowest BCUT2D eigenvalue weighted by molar-refractivity contribution is -0.141. The number of nitrogens with one attached hydrogen (secondary N) is 1. The van der Waals surface area contributed by atoms with Gasteiger partial charge >= 0.3 is 6.18 Å². The first kappa shape index (κ1) is 21.4. The fourth-order valence-corrected chi connectivity index (χ4v) is 3.25. The van der Waals surface area contributed by atoms with Crippen LogP contribution in [0.4, 0.5) is 18.9 Å². The maximum atomic E-state index is 12.7. The highest BCUT2D eigenvalue weighted by atomic mass is 35.5. The van der Waals surface area contributed by atoms with Gasteiger partial charge in [0.25, 0.3) is 5.91 Å². The number of anilines is 1. The molecule has 1 aliphatic heterocycles. The number of nitrogens with zero attached hydrogens (tertiary/aromatic N) is 2. The molecule has 0 saturated carbocycles. The molecule has 1 aromatic heterocycles. The van der Waals surface area contributed by atoms with Gasteiger partial charge in [-0.05, 0) is 24.3 Å². The summed E-state index contributed by atoms with van der Waals surface area (Å²) < 4.78 is 48.7. The summed E-state index contributed by atoms with van der Waals surface area (Å²) in [4.78, 5) is 18.2. The van der Waals surface area contributed by atoms with Gasteiger partial charge in [-0.15, -0.1) is 0 Å². The van der Waals surface area contributed by atoms with E-state index in [1.54, 1.807) is 6.07 Å². The van der Waals surface area contributed by atoms with Crippen molar-refractivity contribution in [2.45, 2.75) is 12.7 Å². The zero-order valence-electron chi connectivity index (χ0n) is 15.6. The van der Waals surface area contributed by atoms with Crippen molar-refractivity contribution in [1.82, 2.24) is 9.88 Å². The van der Waals surface area contributed by atoms with Crippen molar-refractivity contribution in [2.24, 2.45) is 0 Å². The number of hydrogen-bond donors (Lipinski definition) is 1. The number of methoxy groups -OCH3 is 1. The molecule has 1 fully saturated rings. The van der Waals surface area contributed by atoms with Crippen LogP contribution in [0.1, 0.15) is 21.6 Å². The third kappa shape index (κ3) is 5.37. The van der Waals surface area contributed by atoms with E-state index >= 15 is 0 Å². The normalized spacial score (nSPS) is 15.2. The van der Waals surface area contributed by atoms with E-state index in [1.807, 2.05) is 0 Å². The molecule has 6 nitrogen and oxygen atoms in total. The number of pyridine rings is 1. The predicted molar refractivity (Wildman–Crippen MR) is 101 cm³/mol. The molecule has 2 heterocycles. The third-order valence-corrected chi connectivity index (χ3v) is 4.61. The van der Waals surface area contributed by atoms with Gasteiger partial charge < -0.3 is 14.8 Å². The fraction of sp³-hybridized carbons (Fsp3) is 0.368. The van der Waals surface area contributed by atoms with Crippen molar-refractivity contribution < 1.29 is 27.4 Å². The van der Waals surface area contributed by atoms with Crippen LogP contribution in [0.25, 0.3) is 0 Å². The number of carbonyl (C=O) groups excluding carboxylic acids is 1. The Kier molecular flexibility index (Phi) is 6.61. The van der Waals surface area contributed by atoms with E-state index in [-0.39, 0.29) is 11.3 Å². The van der Waals surface area contributed by atoms with Crippen LogP contribution in [-0.4, -0.2) is 49.2 Å². The maximum Gasteiger partial charge on any atom is 0.433 e. The Bertz CT molecular complexity index is 869. The first-order chi connectivity index (χ1) is 13.8. The first-order valence-electron chi connectivity index (χ1n) is 8.79. The molecule has 0 atom stereocenters. The van der Waals surface area contributed by atoms with Gasteiger partial charge in [-0.3, -0.25) is 9.69 Å². The first-order valence-corrected chi connectivity index (χ1v) is 9.17. The summed E-state index contributed by atoms with van der Waals surface area (Å²) in [6.45, 7) is 3.26. The van der Waals surface area contributed by atoms with E-state index in [9.17, 15) is 18.0 Å². The predicted octanol–water partition coefficient (Wildman–Crippen LogP) is 3.85. The van der Waals surface area contributed by atoms with Gasteiger partial charge in [0.1, 0.15) is 11.4 Å². The zero-order chi connectivity index (χ0) is 21.0. The van der Waals surface area contributed by atoms with Gasteiger partial charge in [-0.25, -0.2) is 4.98 Å². The van der Waals surface area contributed by atoms with E-state index in [0.29, 0.717) is 30.5 Å². The van der Waals surface area contributed by atoms with Gasteiger partial charge in [0.2, 0.25) is 0 Å². The number of carbonyl (C=O) groups is 1. The number of hydrogen-bond acceptors (Lipinski definition) is 5. The van der Waals surface area contributed by atoms with Crippen LogP contribution < -0.4 is 10.1 Å². The highest BCUT2D eigenvalue weighted by Crippen LogP contribution is 2.31. The molecular weight excluding hydrogens is 411 g/mol. The lowest BCUT2D eigenvalue weighted by Gasteiger charge is -2.27. The second kappa shape index (κ2) is 8.98. The molecule has 2 aromatic rings. The average Bonchev–Trinajstić information content (AvgIpc) is 2.68. The molecule has 1 aromatic carbocycles. The highest BCUT2D eigenvalue weighted by Gasteiger charge is 2.32. The molecular formula is C19H19ClF3N3O3. The van der Waals surface area contributed by atoms with Gasteiger partial charge in [0.05, 0.1) is 37.8 Å². The lowest BCUT2D eigenvalue weighted by Crippen LogP contribution is -2.35. The molecule has 0 spiro atoms. The number of alkyl halides is 3. The second-order valence-corrected chi connectivity index (χ2v) is 6.85. The minimum Gasteiger partial charge on any atom is -0.496 e. The van der Waals surface area contributed by atoms with Gasteiger partial charge in [0.15, 0.2) is 0 Å². The number of halogens is 4. The average molecular weight is 430 g/mol. The van der Waals surface area contributed by atoms with Crippen molar-refractivity contribution in [3.05, 3.63) is 52.3 Å². The molecule has 0 radical (unpaired) electrons. The highest BCUT2D eigenvalue weighted by molar-refractivity contribution is 6.31. The molecule has 3 rings (SSSR count). The Labute approximate surface area is 170 Å². The summed E-state index contributed by atoms with van der Waals surface area (Å²) in [5.74, 6) is -0.201. The van der Waals surface area contributed by atoms with Crippen LogP contribution in [0.3, 0.4) is 0 Å². The van der Waals surface area contributed by atoms with Crippen molar-refractivity contribution in [3.63, 3.8) is 0 Å². The van der Waals surface area contributed by atoms with Gasteiger partial charge in [0, 0.05) is 30.2 Å². The smallest absolute Gasteiger partial charge is 0.433 e. The Balaban J connectivity index is 1.82. The van der Waals surface area contributed by atoms with E-state index in [2.05, 4.69) is 15.2 Å². The fourth-order valence-electron chi connectivity index (χ4n) is 3.01. The van der Waals surface area contributed by atoms with E-state index in [0.717, 1.165) is 37.0 Å². The zero-order valence-corrected chi connectivity index (χ0v) is 16.3. The maximum absolute atomic E-state index is 12.7. The number of ether oxygens (including phenoxy) is 2. The summed E-state index contributed by atoms with van der Waals surface area (Å²) in [5.41, 5.74) is 0.00384. The largest absolute Gasteiger partial charge is 0.496 e. The Morgan fingerprint density at radius 2 is 2.03 bits per heavy atom. The van der Waals surface area contributed by atoms with E-state index < -0.39 is 17.8 Å². The molecule has 0 unspecified atom stereocenters. The SMILES string of the molecule is COc1c(CN2CCOCC2)cc(Cl)cc1C(=O)Nc1ccc(C(F)(F)F)nc1. The summed E-state index contributed by atoms with van der Waals surface area (Å²) >= 11 is 6.20. The summed E-state index contributed by atoms with van der Waals surface area (Å²) in [5, 5.41) is 2.88. The third-order valence-electron chi connectivity index (χ3n) is 4.39. The Morgan fingerprint density at radius 3 is 2.62 bits per heavy atom. The standard InChI is InChI=1S/C19H19ClF3N3O3/c1-28-17-12(11-26-4-6-29-7-5-26)8-13(20)9-15(17)18(27)25-14-2-3-16(24-10-14)19(21,22)23/h2-3,8-10H,4-7,11H2,1H3,(H,25,27). The summed E-state index contributed by atoms with van der Waals surface area (Å²) in [6.07, 6.45) is -3.60. The van der Waals surface area contributed by atoms with Crippen LogP contribution >= 0.6 is 11.6 Å². The number of aromatic nitrogens is 1. The summed E-state index contributed by atoms with van der Waals surface area (Å²) in [6, 6.07) is 5.12. The van der Waals surface area contributed by atoms with E-state index in [1.165, 1.54) is 13.2 Å². The van der Waals surface area contributed by atoms with Crippen LogP contribution in [0.2, 0.25) is 5.02 Å². The topological polar surface area (TPSA) is 63.7 Å². The molecule has 0 bridgehead atoms. The van der Waals surface area contributed by atoms with E-state index in [4.69, 9.17) is 21.1 Å². The molecule has 1 amide bonds. The number of morpholine rings is 1. The molecule has 1 N–H and O–H groups in total. The van der Waals surface area contributed by atoms with Crippen LogP contribution in [-0.2, 0) is 17.5 Å². The minimum atomic E-state index is -4.55. The monoisotopic (exact) mass is 429 g/mol. The minimum absolute atomic E-state index is 0.125. The van der Waals surface area contributed by atoms with Crippen LogP contribution in [0.15, 0.2) is 30.5 Å². The molecule has 0 aliphatic carbocycles. The van der Waals surface area contributed by atoms with Crippen LogP contribution in [0.5, 0.6) is 5.75 Å². The van der Waals surface area contributed by atoms with Crippen molar-refractivity contribution in [1.29, 1.82) is 0 Å².